The lowest BCUT2D eigenvalue weighted by Gasteiger charge is -2.20. The van der Waals surface area contributed by atoms with Crippen LogP contribution in [0.3, 0.4) is 0 Å². The molecular weight excluding hydrogens is 448 g/mol. The van der Waals surface area contributed by atoms with E-state index in [1.807, 2.05) is 48.5 Å². The third-order valence-corrected chi connectivity index (χ3v) is 7.25. The summed E-state index contributed by atoms with van der Waals surface area (Å²) in [5.41, 5.74) is 2.92. The van der Waals surface area contributed by atoms with Gasteiger partial charge < -0.3 is 4.74 Å². The van der Waals surface area contributed by atoms with Crippen molar-refractivity contribution in [3.63, 3.8) is 0 Å². The van der Waals surface area contributed by atoms with Crippen LogP contribution in [0.5, 0.6) is 5.75 Å². The summed E-state index contributed by atoms with van der Waals surface area (Å²) in [5.74, 6) is 1.81. The molecule has 7 heteroatoms. The van der Waals surface area contributed by atoms with Crippen molar-refractivity contribution in [3.8, 4) is 5.75 Å². The topological polar surface area (TPSA) is 42.4 Å². The van der Waals surface area contributed by atoms with E-state index in [0.717, 1.165) is 16.0 Å². The molecule has 0 fully saturated rings. The van der Waals surface area contributed by atoms with Gasteiger partial charge in [-0.15, -0.1) is 11.8 Å². The molecule has 0 saturated carbocycles. The molecule has 4 nitrogen and oxygen atoms in total. The normalized spacial score (nSPS) is 10.9. The number of benzene rings is 3. The molecule has 4 aromatic rings. The number of carbonyl (C=O) groups excluding carboxylic acids is 1. The van der Waals surface area contributed by atoms with Crippen LogP contribution in [0.4, 0.5) is 5.13 Å². The zero-order chi connectivity index (χ0) is 21.6. The van der Waals surface area contributed by atoms with Crippen molar-refractivity contribution < 1.29 is 9.53 Å². The van der Waals surface area contributed by atoms with E-state index in [2.05, 4.69) is 12.1 Å². The van der Waals surface area contributed by atoms with Crippen LogP contribution in [0, 0.1) is 0 Å². The molecule has 0 spiro atoms. The number of nitrogens with zero attached hydrogens (tertiary/aromatic N) is 2. The summed E-state index contributed by atoms with van der Waals surface area (Å²) in [6, 6.07) is 23.7. The first kappa shape index (κ1) is 21.7. The van der Waals surface area contributed by atoms with Gasteiger partial charge in [0.15, 0.2) is 5.13 Å². The molecule has 3 aromatic carbocycles. The maximum atomic E-state index is 13.3. The minimum atomic E-state index is 0.0129. The Morgan fingerprint density at radius 3 is 2.39 bits per heavy atom. The summed E-state index contributed by atoms with van der Waals surface area (Å²) in [6.45, 7) is 0.450. The molecule has 0 aliphatic carbocycles. The summed E-state index contributed by atoms with van der Waals surface area (Å²) in [7, 11) is 1.61. The Hall–Kier alpha value is -2.54. The Labute approximate surface area is 194 Å². The van der Waals surface area contributed by atoms with Gasteiger partial charge >= 0.3 is 0 Å². The summed E-state index contributed by atoms with van der Waals surface area (Å²) < 4.78 is 6.26. The second kappa shape index (κ2) is 10.2. The molecule has 0 aliphatic heterocycles. The van der Waals surface area contributed by atoms with Crippen LogP contribution in [0.2, 0.25) is 5.02 Å². The average Bonchev–Trinajstić information content (AvgIpc) is 3.25. The molecule has 31 heavy (non-hydrogen) atoms. The number of hydrogen-bond donors (Lipinski definition) is 0. The molecule has 0 N–H and O–H groups in total. The lowest BCUT2D eigenvalue weighted by molar-refractivity contribution is -0.116. The van der Waals surface area contributed by atoms with E-state index in [0.29, 0.717) is 33.7 Å². The number of amides is 1. The molecular formula is C24H21ClN2O2S2. The predicted molar refractivity (Wildman–Crippen MR) is 131 cm³/mol. The highest BCUT2D eigenvalue weighted by Gasteiger charge is 2.22. The number of ether oxygens (including phenoxy) is 1. The fourth-order valence-corrected chi connectivity index (χ4v) is 5.29. The summed E-state index contributed by atoms with van der Waals surface area (Å²) in [5, 5.41) is 1.22. The van der Waals surface area contributed by atoms with Gasteiger partial charge in [0.25, 0.3) is 0 Å². The smallest absolute Gasteiger partial charge is 0.239 e. The fourth-order valence-electron chi connectivity index (χ4n) is 3.16. The van der Waals surface area contributed by atoms with Gasteiger partial charge in [-0.05, 0) is 23.3 Å². The van der Waals surface area contributed by atoms with Gasteiger partial charge in [0, 0.05) is 5.75 Å². The Morgan fingerprint density at radius 1 is 1.03 bits per heavy atom. The van der Waals surface area contributed by atoms with E-state index in [4.69, 9.17) is 21.3 Å². The molecule has 158 valence electrons. The lowest BCUT2D eigenvalue weighted by Crippen LogP contribution is -2.31. The Bertz CT molecular complexity index is 1170. The molecule has 0 radical (unpaired) electrons. The van der Waals surface area contributed by atoms with Crippen molar-refractivity contribution in [2.45, 2.75) is 12.3 Å². The number of thioether (sulfide) groups is 1. The molecule has 4 rings (SSSR count). The van der Waals surface area contributed by atoms with Gasteiger partial charge in [0.05, 0.1) is 29.1 Å². The molecule has 1 amide bonds. The number of anilines is 1. The van der Waals surface area contributed by atoms with E-state index in [1.54, 1.807) is 35.9 Å². The van der Waals surface area contributed by atoms with E-state index < -0.39 is 0 Å². The van der Waals surface area contributed by atoms with Gasteiger partial charge in [0.1, 0.15) is 11.3 Å². The summed E-state index contributed by atoms with van der Waals surface area (Å²) in [6.07, 6.45) is 0. The number of halogens is 1. The van der Waals surface area contributed by atoms with E-state index >= 15 is 0 Å². The minimum Gasteiger partial charge on any atom is -0.494 e. The molecule has 0 saturated heterocycles. The summed E-state index contributed by atoms with van der Waals surface area (Å²) >= 11 is 9.41. The highest BCUT2D eigenvalue weighted by atomic mass is 35.5. The van der Waals surface area contributed by atoms with Gasteiger partial charge in [-0.25, -0.2) is 4.98 Å². The van der Waals surface area contributed by atoms with E-state index in [1.165, 1.54) is 16.9 Å². The quantitative estimate of drug-likeness (QED) is 0.299. The van der Waals surface area contributed by atoms with Crippen LogP contribution in [0.25, 0.3) is 10.2 Å². The number of fused-ring (bicyclic) bond motifs is 1. The highest BCUT2D eigenvalue weighted by Crippen LogP contribution is 2.39. The number of carbonyl (C=O) groups is 1. The van der Waals surface area contributed by atoms with Crippen LogP contribution < -0.4 is 9.64 Å². The van der Waals surface area contributed by atoms with Crippen molar-refractivity contribution >= 4 is 56.0 Å². The van der Waals surface area contributed by atoms with Crippen molar-refractivity contribution in [1.82, 2.24) is 4.98 Å². The van der Waals surface area contributed by atoms with Crippen molar-refractivity contribution in [2.24, 2.45) is 0 Å². The lowest BCUT2D eigenvalue weighted by atomic mass is 10.2. The predicted octanol–water partition coefficient (Wildman–Crippen LogP) is 6.42. The third kappa shape index (κ3) is 5.21. The number of hydrogen-bond acceptors (Lipinski definition) is 5. The molecule has 0 bridgehead atoms. The van der Waals surface area contributed by atoms with E-state index in [9.17, 15) is 4.79 Å². The van der Waals surface area contributed by atoms with Gasteiger partial charge in [-0.3, -0.25) is 9.69 Å². The number of aromatic nitrogens is 1. The van der Waals surface area contributed by atoms with Gasteiger partial charge in [-0.2, -0.15) is 0 Å². The maximum Gasteiger partial charge on any atom is 0.239 e. The number of rotatable bonds is 8. The second-order valence-electron chi connectivity index (χ2n) is 6.87. The zero-order valence-corrected chi connectivity index (χ0v) is 19.3. The summed E-state index contributed by atoms with van der Waals surface area (Å²) in [4.78, 5) is 19.7. The fraction of sp³-hybridized carbons (Fsp3) is 0.167. The first-order chi connectivity index (χ1) is 15.2. The van der Waals surface area contributed by atoms with Crippen molar-refractivity contribution in [3.05, 3.63) is 88.9 Å². The van der Waals surface area contributed by atoms with E-state index in [-0.39, 0.29) is 5.91 Å². The second-order valence-corrected chi connectivity index (χ2v) is 9.24. The van der Waals surface area contributed by atoms with Crippen LogP contribution in [-0.4, -0.2) is 23.8 Å². The minimum absolute atomic E-state index is 0.0129. The van der Waals surface area contributed by atoms with Crippen LogP contribution in [0.1, 0.15) is 11.1 Å². The third-order valence-electron chi connectivity index (χ3n) is 4.72. The number of thiazole rings is 1. The Morgan fingerprint density at radius 2 is 1.71 bits per heavy atom. The average molecular weight is 469 g/mol. The monoisotopic (exact) mass is 468 g/mol. The SMILES string of the molecule is COc1ccc(Cl)c2sc(N(Cc3ccccc3)C(=O)CSCc3ccccc3)nc12. The molecule has 0 aliphatic rings. The first-order valence-corrected chi connectivity index (χ1v) is 12.1. The van der Waals surface area contributed by atoms with Gasteiger partial charge in [0.2, 0.25) is 5.91 Å². The van der Waals surface area contributed by atoms with Crippen molar-refractivity contribution in [1.29, 1.82) is 0 Å². The van der Waals surface area contributed by atoms with Gasteiger partial charge in [-0.1, -0.05) is 83.6 Å². The van der Waals surface area contributed by atoms with Crippen LogP contribution in [0.15, 0.2) is 72.8 Å². The number of methoxy groups -OCH3 is 1. The molecule has 1 aromatic heterocycles. The highest BCUT2D eigenvalue weighted by molar-refractivity contribution is 7.99. The standard InChI is InChI=1S/C24H21ClN2O2S2/c1-29-20-13-12-19(25)23-22(20)26-24(31-23)27(14-17-8-4-2-5-9-17)21(28)16-30-15-18-10-6-3-7-11-18/h2-13H,14-16H2,1H3. The first-order valence-electron chi connectivity index (χ1n) is 9.74. The molecule has 1 heterocycles. The largest absolute Gasteiger partial charge is 0.494 e. The molecule has 0 atom stereocenters. The molecule has 0 unspecified atom stereocenters. The Kier molecular flexibility index (Phi) is 7.12. The van der Waals surface area contributed by atoms with Crippen molar-refractivity contribution in [2.75, 3.05) is 17.8 Å². The van der Waals surface area contributed by atoms with Crippen LogP contribution >= 0.6 is 34.7 Å². The zero-order valence-electron chi connectivity index (χ0n) is 17.0. The maximum absolute atomic E-state index is 13.3. The Balaban J connectivity index is 1.60. The van der Waals surface area contributed by atoms with Crippen LogP contribution in [-0.2, 0) is 17.1 Å².